The zero-order valence-electron chi connectivity index (χ0n) is 13.4. The van der Waals surface area contributed by atoms with Crippen LogP contribution in [-0.2, 0) is 0 Å². The zero-order chi connectivity index (χ0) is 14.8. The van der Waals surface area contributed by atoms with Gasteiger partial charge >= 0.3 is 0 Å². The Bertz CT molecular complexity index is 473. The molecule has 0 bridgehead atoms. The minimum Gasteiger partial charge on any atom is -0.316 e. The molecule has 0 aromatic heterocycles. The van der Waals surface area contributed by atoms with Gasteiger partial charge in [0.2, 0.25) is 0 Å². The van der Waals surface area contributed by atoms with Crippen LogP contribution in [0.4, 0.5) is 0 Å². The third-order valence-electron chi connectivity index (χ3n) is 5.93. The maximum atomic E-state index is 3.67. The molecule has 4 heteroatoms. The summed E-state index contributed by atoms with van der Waals surface area (Å²) in [5, 5.41) is 10.7. The van der Waals surface area contributed by atoms with E-state index in [9.17, 15) is 0 Å². The van der Waals surface area contributed by atoms with Gasteiger partial charge in [0.25, 0.3) is 0 Å². The molecule has 0 unspecified atom stereocenters. The Kier molecular flexibility index (Phi) is 4.18. The summed E-state index contributed by atoms with van der Waals surface area (Å²) in [6.45, 7) is 8.18. The summed E-state index contributed by atoms with van der Waals surface area (Å²) in [6, 6.07) is 11.1. The Morgan fingerprint density at radius 1 is 1.05 bits per heavy atom. The smallest absolute Gasteiger partial charge is 0.0459 e. The van der Waals surface area contributed by atoms with Crippen LogP contribution in [0.25, 0.3) is 0 Å². The Balaban J connectivity index is 1.35. The number of nitrogens with zero attached hydrogens (tertiary/aromatic N) is 1. The molecular weight excluding hydrogens is 272 g/mol. The van der Waals surface area contributed by atoms with Crippen LogP contribution in [0.3, 0.4) is 0 Å². The fraction of sp³-hybridized carbons (Fsp3) is 0.667. The van der Waals surface area contributed by atoms with Crippen molar-refractivity contribution in [1.82, 2.24) is 20.9 Å². The number of piperidine rings is 1. The highest BCUT2D eigenvalue weighted by Gasteiger charge is 2.38. The van der Waals surface area contributed by atoms with Gasteiger partial charge in [-0.2, -0.15) is 0 Å². The number of rotatable bonds is 3. The van der Waals surface area contributed by atoms with Crippen molar-refractivity contribution < 1.29 is 0 Å². The lowest BCUT2D eigenvalue weighted by molar-refractivity contribution is 0.137. The van der Waals surface area contributed by atoms with E-state index in [4.69, 9.17) is 0 Å². The zero-order valence-corrected chi connectivity index (χ0v) is 13.4. The van der Waals surface area contributed by atoms with Gasteiger partial charge < -0.3 is 15.5 Å². The standard InChI is InChI=1S/C18H28N4/c1-2-4-15(5-3-1)17-11-19-10-16(17)12-22-8-6-18(7-9-22)13-20-14-21-18/h1-5,16-17,19-21H,6-14H2/t16-,17-/m1/s1. The quantitative estimate of drug-likeness (QED) is 0.778. The first-order valence-corrected chi connectivity index (χ1v) is 8.78. The molecule has 0 saturated carbocycles. The first-order chi connectivity index (χ1) is 10.8. The Morgan fingerprint density at radius 3 is 2.59 bits per heavy atom. The van der Waals surface area contributed by atoms with E-state index >= 15 is 0 Å². The van der Waals surface area contributed by atoms with Gasteiger partial charge in [-0.1, -0.05) is 30.3 Å². The van der Waals surface area contributed by atoms with Gasteiger partial charge in [0.1, 0.15) is 0 Å². The molecule has 3 heterocycles. The van der Waals surface area contributed by atoms with Gasteiger partial charge in [-0.3, -0.25) is 5.32 Å². The average Bonchev–Trinajstić information content (AvgIpc) is 3.21. The van der Waals surface area contributed by atoms with Crippen LogP contribution in [0.1, 0.15) is 24.3 Å². The summed E-state index contributed by atoms with van der Waals surface area (Å²) in [7, 11) is 0. The van der Waals surface area contributed by atoms with E-state index in [-0.39, 0.29) is 0 Å². The van der Waals surface area contributed by atoms with Crippen molar-refractivity contribution in [3.05, 3.63) is 35.9 Å². The maximum absolute atomic E-state index is 3.67. The molecule has 22 heavy (non-hydrogen) atoms. The first-order valence-electron chi connectivity index (χ1n) is 8.78. The highest BCUT2D eigenvalue weighted by Crippen LogP contribution is 2.30. The van der Waals surface area contributed by atoms with E-state index < -0.39 is 0 Å². The van der Waals surface area contributed by atoms with Crippen LogP contribution in [0.15, 0.2) is 30.3 Å². The van der Waals surface area contributed by atoms with Crippen LogP contribution < -0.4 is 16.0 Å². The molecule has 0 amide bonds. The average molecular weight is 300 g/mol. The summed E-state index contributed by atoms with van der Waals surface area (Å²) in [6.07, 6.45) is 2.58. The Labute approximate surface area is 133 Å². The third kappa shape index (κ3) is 2.93. The van der Waals surface area contributed by atoms with Gasteiger partial charge in [0, 0.05) is 37.8 Å². The number of nitrogens with one attached hydrogen (secondary N) is 3. The molecule has 3 N–H and O–H groups in total. The fourth-order valence-corrected chi connectivity index (χ4v) is 4.48. The lowest BCUT2D eigenvalue weighted by Gasteiger charge is -2.40. The predicted octanol–water partition coefficient (Wildman–Crippen LogP) is 0.975. The summed E-state index contributed by atoms with van der Waals surface area (Å²) in [5.41, 5.74) is 1.90. The van der Waals surface area contributed by atoms with Crippen LogP contribution in [0.2, 0.25) is 0 Å². The molecule has 1 aromatic carbocycles. The van der Waals surface area contributed by atoms with E-state index in [1.54, 1.807) is 0 Å². The summed E-state index contributed by atoms with van der Waals surface area (Å²) < 4.78 is 0. The molecule has 3 fully saturated rings. The fourth-order valence-electron chi connectivity index (χ4n) is 4.48. The number of hydrogen-bond acceptors (Lipinski definition) is 4. The van der Waals surface area contributed by atoms with Gasteiger partial charge in [-0.15, -0.1) is 0 Å². The molecule has 0 aliphatic carbocycles. The predicted molar refractivity (Wildman–Crippen MR) is 90.0 cm³/mol. The third-order valence-corrected chi connectivity index (χ3v) is 5.93. The normalized spacial score (nSPS) is 31.8. The van der Waals surface area contributed by atoms with Crippen molar-refractivity contribution >= 4 is 0 Å². The highest BCUT2D eigenvalue weighted by molar-refractivity contribution is 5.22. The highest BCUT2D eigenvalue weighted by atomic mass is 15.2. The molecule has 0 radical (unpaired) electrons. The van der Waals surface area contributed by atoms with Crippen LogP contribution in [-0.4, -0.2) is 56.4 Å². The van der Waals surface area contributed by atoms with Gasteiger partial charge in [0.15, 0.2) is 0 Å². The molecule has 1 spiro atoms. The van der Waals surface area contributed by atoms with Gasteiger partial charge in [-0.05, 0) is 44.0 Å². The first kappa shape index (κ1) is 14.6. The SMILES string of the molecule is c1ccc([C@H]2CNC[C@@H]2CN2CCC3(CC2)CNCN3)cc1. The lowest BCUT2D eigenvalue weighted by Crippen LogP contribution is -2.52. The van der Waals surface area contributed by atoms with Crippen molar-refractivity contribution in [1.29, 1.82) is 0 Å². The van der Waals surface area contributed by atoms with Gasteiger partial charge in [0.05, 0.1) is 0 Å². The Hall–Kier alpha value is -0.940. The van der Waals surface area contributed by atoms with E-state index in [1.807, 2.05) is 0 Å². The summed E-state index contributed by atoms with van der Waals surface area (Å²) in [4.78, 5) is 2.69. The molecule has 1 aromatic rings. The second kappa shape index (κ2) is 6.28. The molecule has 3 aliphatic heterocycles. The maximum Gasteiger partial charge on any atom is 0.0459 e. The van der Waals surface area contributed by atoms with E-state index in [1.165, 1.54) is 44.6 Å². The van der Waals surface area contributed by atoms with Gasteiger partial charge in [-0.25, -0.2) is 0 Å². The van der Waals surface area contributed by atoms with Crippen molar-refractivity contribution in [3.63, 3.8) is 0 Å². The minimum absolute atomic E-state index is 0.392. The Morgan fingerprint density at radius 2 is 1.86 bits per heavy atom. The summed E-state index contributed by atoms with van der Waals surface area (Å²) >= 11 is 0. The number of hydrogen-bond donors (Lipinski definition) is 3. The van der Waals surface area contributed by atoms with Crippen molar-refractivity contribution in [3.8, 4) is 0 Å². The number of likely N-dealkylation sites (tertiary alicyclic amines) is 1. The second-order valence-corrected chi connectivity index (χ2v) is 7.30. The van der Waals surface area contributed by atoms with Crippen molar-refractivity contribution in [2.75, 3.05) is 45.9 Å². The molecular formula is C18H28N4. The van der Waals surface area contributed by atoms with Crippen molar-refractivity contribution in [2.24, 2.45) is 5.92 Å². The van der Waals surface area contributed by atoms with Crippen molar-refractivity contribution in [2.45, 2.75) is 24.3 Å². The molecule has 120 valence electrons. The largest absolute Gasteiger partial charge is 0.316 e. The van der Waals surface area contributed by atoms with E-state index in [0.29, 0.717) is 11.5 Å². The molecule has 2 atom stereocenters. The summed E-state index contributed by atoms with van der Waals surface area (Å²) in [5.74, 6) is 1.44. The molecule has 4 nitrogen and oxygen atoms in total. The molecule has 3 aliphatic rings. The second-order valence-electron chi connectivity index (χ2n) is 7.30. The van der Waals surface area contributed by atoms with Crippen LogP contribution >= 0.6 is 0 Å². The van der Waals surface area contributed by atoms with E-state index in [2.05, 4.69) is 51.2 Å². The lowest BCUT2D eigenvalue weighted by atomic mass is 9.85. The monoisotopic (exact) mass is 300 g/mol. The topological polar surface area (TPSA) is 39.3 Å². The molecule has 3 saturated heterocycles. The van der Waals surface area contributed by atoms with Crippen LogP contribution in [0, 0.1) is 5.92 Å². The minimum atomic E-state index is 0.392. The van der Waals surface area contributed by atoms with E-state index in [0.717, 1.165) is 25.7 Å². The van der Waals surface area contributed by atoms with Crippen LogP contribution in [0.5, 0.6) is 0 Å². The number of benzene rings is 1. The molecule has 4 rings (SSSR count).